The van der Waals surface area contributed by atoms with Crippen molar-refractivity contribution in [3.05, 3.63) is 35.9 Å². The van der Waals surface area contributed by atoms with Gasteiger partial charge in [0.25, 0.3) is 0 Å². The fraction of sp³-hybridized carbons (Fsp3) is 0.579. The summed E-state index contributed by atoms with van der Waals surface area (Å²) in [5, 5.41) is 0. The highest BCUT2D eigenvalue weighted by Crippen LogP contribution is 2.19. The van der Waals surface area contributed by atoms with E-state index in [1.54, 1.807) is 11.8 Å². The molecule has 2 N–H and O–H groups in total. The largest absolute Gasteiger partial charge is 0.445 e. The van der Waals surface area contributed by atoms with Crippen LogP contribution >= 0.6 is 0 Å². The highest BCUT2D eigenvalue weighted by Gasteiger charge is 2.30. The molecule has 1 aliphatic rings. The zero-order chi connectivity index (χ0) is 18.2. The summed E-state index contributed by atoms with van der Waals surface area (Å²) >= 11 is 0. The number of rotatable bonds is 6. The van der Waals surface area contributed by atoms with Crippen LogP contribution < -0.4 is 5.73 Å². The summed E-state index contributed by atoms with van der Waals surface area (Å²) in [4.78, 5) is 28.2. The smallest absolute Gasteiger partial charge is 0.410 e. The van der Waals surface area contributed by atoms with Crippen LogP contribution in [0.2, 0.25) is 0 Å². The number of ether oxygens (including phenoxy) is 1. The fourth-order valence-electron chi connectivity index (χ4n) is 3.14. The molecule has 1 fully saturated rings. The zero-order valence-electron chi connectivity index (χ0n) is 15.2. The van der Waals surface area contributed by atoms with Crippen molar-refractivity contribution in [2.45, 2.75) is 51.8 Å². The van der Waals surface area contributed by atoms with E-state index in [1.165, 1.54) is 0 Å². The Balaban J connectivity index is 1.94. The van der Waals surface area contributed by atoms with Gasteiger partial charge < -0.3 is 20.3 Å². The molecule has 1 heterocycles. The molecular weight excluding hydrogens is 318 g/mol. The van der Waals surface area contributed by atoms with Crippen molar-refractivity contribution in [1.82, 2.24) is 9.80 Å². The van der Waals surface area contributed by atoms with Crippen molar-refractivity contribution >= 4 is 12.0 Å². The Hall–Kier alpha value is -2.08. The second-order valence-electron chi connectivity index (χ2n) is 6.55. The van der Waals surface area contributed by atoms with E-state index in [9.17, 15) is 9.59 Å². The van der Waals surface area contributed by atoms with E-state index in [2.05, 4.69) is 0 Å². The predicted octanol–water partition coefficient (Wildman–Crippen LogP) is 2.37. The number of carbonyl (C=O) groups is 2. The van der Waals surface area contributed by atoms with Gasteiger partial charge in [-0.3, -0.25) is 4.79 Å². The number of benzene rings is 1. The van der Waals surface area contributed by atoms with Crippen LogP contribution in [0.15, 0.2) is 30.3 Å². The molecule has 2 atom stereocenters. The summed E-state index contributed by atoms with van der Waals surface area (Å²) < 4.78 is 5.42. The monoisotopic (exact) mass is 347 g/mol. The summed E-state index contributed by atoms with van der Waals surface area (Å²) in [5.41, 5.74) is 6.72. The maximum Gasteiger partial charge on any atom is 0.410 e. The van der Waals surface area contributed by atoms with Crippen LogP contribution in [0, 0.1) is 0 Å². The first-order valence-electron chi connectivity index (χ1n) is 9.04. The average Bonchev–Trinajstić information content (AvgIpc) is 2.64. The molecule has 138 valence electrons. The van der Waals surface area contributed by atoms with E-state index in [4.69, 9.17) is 10.5 Å². The topological polar surface area (TPSA) is 75.9 Å². The Bertz CT molecular complexity index is 562. The number of hydrogen-bond acceptors (Lipinski definition) is 4. The van der Waals surface area contributed by atoms with Crippen LogP contribution in [0.5, 0.6) is 0 Å². The molecule has 1 unspecified atom stereocenters. The minimum absolute atomic E-state index is 0.0106. The third kappa shape index (κ3) is 5.46. The number of amides is 2. The van der Waals surface area contributed by atoms with E-state index in [1.807, 2.05) is 42.2 Å². The van der Waals surface area contributed by atoms with Gasteiger partial charge in [-0.2, -0.15) is 0 Å². The first-order valence-corrected chi connectivity index (χ1v) is 9.04. The lowest BCUT2D eigenvalue weighted by atomic mass is 10.0. The molecule has 1 aromatic carbocycles. The molecule has 1 aliphatic heterocycles. The SMILES string of the molecule is CCN(CC1CCCCN1C(=O)[C@H](C)N)C(=O)OCc1ccccc1. The van der Waals surface area contributed by atoms with Crippen LogP contribution in [0.25, 0.3) is 0 Å². The maximum absolute atomic E-state index is 12.4. The van der Waals surface area contributed by atoms with Gasteiger partial charge in [0.1, 0.15) is 6.61 Å². The summed E-state index contributed by atoms with van der Waals surface area (Å²) in [6.07, 6.45) is 2.59. The molecule has 6 heteroatoms. The Morgan fingerprint density at radius 3 is 2.68 bits per heavy atom. The summed E-state index contributed by atoms with van der Waals surface area (Å²) in [5.74, 6) is -0.0431. The lowest BCUT2D eigenvalue weighted by molar-refractivity contribution is -0.136. The lowest BCUT2D eigenvalue weighted by Gasteiger charge is -2.39. The zero-order valence-corrected chi connectivity index (χ0v) is 15.2. The van der Waals surface area contributed by atoms with Gasteiger partial charge in [0.15, 0.2) is 0 Å². The molecule has 0 saturated carbocycles. The molecule has 0 aromatic heterocycles. The Labute approximate surface area is 149 Å². The molecule has 2 rings (SSSR count). The van der Waals surface area contributed by atoms with Gasteiger partial charge in [-0.05, 0) is 38.7 Å². The van der Waals surface area contributed by atoms with Crippen LogP contribution in [0.4, 0.5) is 4.79 Å². The molecule has 0 radical (unpaired) electrons. The van der Waals surface area contributed by atoms with Crippen molar-refractivity contribution in [2.24, 2.45) is 5.73 Å². The summed E-state index contributed by atoms with van der Waals surface area (Å²) in [6, 6.07) is 9.11. The third-order valence-electron chi connectivity index (χ3n) is 4.58. The van der Waals surface area contributed by atoms with Crippen LogP contribution in [0.3, 0.4) is 0 Å². The number of nitrogens with two attached hydrogens (primary N) is 1. The van der Waals surface area contributed by atoms with Gasteiger partial charge in [-0.1, -0.05) is 30.3 Å². The highest BCUT2D eigenvalue weighted by molar-refractivity contribution is 5.81. The lowest BCUT2D eigenvalue weighted by Crippen LogP contribution is -2.54. The van der Waals surface area contributed by atoms with Crippen molar-refractivity contribution in [1.29, 1.82) is 0 Å². The van der Waals surface area contributed by atoms with Crippen molar-refractivity contribution in [2.75, 3.05) is 19.6 Å². The quantitative estimate of drug-likeness (QED) is 0.857. The van der Waals surface area contributed by atoms with E-state index < -0.39 is 6.04 Å². The first-order chi connectivity index (χ1) is 12.0. The van der Waals surface area contributed by atoms with Gasteiger partial charge in [0, 0.05) is 25.7 Å². The second-order valence-corrected chi connectivity index (χ2v) is 6.55. The Morgan fingerprint density at radius 1 is 1.32 bits per heavy atom. The molecule has 1 saturated heterocycles. The van der Waals surface area contributed by atoms with Gasteiger partial charge in [0.05, 0.1) is 6.04 Å². The number of piperidine rings is 1. The second kappa shape index (κ2) is 9.42. The third-order valence-corrected chi connectivity index (χ3v) is 4.58. The molecule has 0 aliphatic carbocycles. The number of hydrogen-bond donors (Lipinski definition) is 1. The van der Waals surface area contributed by atoms with Gasteiger partial charge >= 0.3 is 6.09 Å². The Kier molecular flexibility index (Phi) is 7.25. The Morgan fingerprint density at radius 2 is 2.04 bits per heavy atom. The maximum atomic E-state index is 12.4. The van der Waals surface area contributed by atoms with Gasteiger partial charge in [0.2, 0.25) is 5.91 Å². The van der Waals surface area contributed by atoms with Crippen molar-refractivity contribution in [3.8, 4) is 0 Å². The molecule has 0 spiro atoms. The summed E-state index contributed by atoms with van der Waals surface area (Å²) in [6.45, 7) is 5.63. The average molecular weight is 347 g/mol. The van der Waals surface area contributed by atoms with Crippen LogP contribution in [0.1, 0.15) is 38.7 Å². The van der Waals surface area contributed by atoms with Crippen molar-refractivity contribution < 1.29 is 14.3 Å². The van der Waals surface area contributed by atoms with E-state index in [-0.39, 0.29) is 24.6 Å². The van der Waals surface area contributed by atoms with E-state index >= 15 is 0 Å². The van der Waals surface area contributed by atoms with Crippen LogP contribution in [-0.4, -0.2) is 53.5 Å². The van der Waals surface area contributed by atoms with E-state index in [0.717, 1.165) is 24.8 Å². The van der Waals surface area contributed by atoms with Crippen LogP contribution in [-0.2, 0) is 16.1 Å². The molecule has 1 aromatic rings. The first kappa shape index (κ1) is 19.2. The normalized spacial score (nSPS) is 18.5. The number of likely N-dealkylation sites (N-methyl/N-ethyl adjacent to an activating group) is 1. The standard InChI is InChI=1S/C19H29N3O3/c1-3-21(19(24)25-14-16-9-5-4-6-10-16)13-17-11-7-8-12-22(17)18(23)15(2)20/h4-6,9-10,15,17H,3,7-8,11-14,20H2,1-2H3/t15-,17?/m0/s1. The van der Waals surface area contributed by atoms with Gasteiger partial charge in [-0.15, -0.1) is 0 Å². The predicted molar refractivity (Wildman–Crippen MR) is 96.9 cm³/mol. The molecule has 6 nitrogen and oxygen atoms in total. The number of carbonyl (C=O) groups excluding carboxylic acids is 2. The minimum atomic E-state index is -0.513. The number of likely N-dealkylation sites (tertiary alicyclic amines) is 1. The molecule has 25 heavy (non-hydrogen) atoms. The molecular formula is C19H29N3O3. The molecule has 2 amide bonds. The van der Waals surface area contributed by atoms with E-state index in [0.29, 0.717) is 19.6 Å². The fourth-order valence-corrected chi connectivity index (χ4v) is 3.14. The summed E-state index contributed by atoms with van der Waals surface area (Å²) in [7, 11) is 0. The number of nitrogens with zero attached hydrogens (tertiary/aromatic N) is 2. The van der Waals surface area contributed by atoms with Crippen molar-refractivity contribution in [3.63, 3.8) is 0 Å². The van der Waals surface area contributed by atoms with Gasteiger partial charge in [-0.25, -0.2) is 4.79 Å². The molecule has 0 bridgehead atoms. The minimum Gasteiger partial charge on any atom is -0.445 e. The highest BCUT2D eigenvalue weighted by atomic mass is 16.6.